The minimum atomic E-state index is -1.85. The average Bonchev–Trinajstić information content (AvgIpc) is 2.06. The molecule has 10 heavy (non-hydrogen) atoms. The minimum absolute atomic E-state index is 0.414. The van der Waals surface area contributed by atoms with Crippen LogP contribution in [0.25, 0.3) is 0 Å². The van der Waals surface area contributed by atoms with Crippen molar-refractivity contribution in [2.45, 2.75) is 13.3 Å². The van der Waals surface area contributed by atoms with Crippen LogP contribution < -0.4 is 0 Å². The third kappa shape index (κ3) is 2.02. The van der Waals surface area contributed by atoms with Crippen LogP contribution >= 0.6 is 0 Å². The molecule has 0 aliphatic heterocycles. The van der Waals surface area contributed by atoms with E-state index in [1.807, 2.05) is 0 Å². The zero-order valence-corrected chi connectivity index (χ0v) is 5.79. The Labute approximate surface area is 63.5 Å². The summed E-state index contributed by atoms with van der Waals surface area (Å²) in [5, 5.41) is 0. The Bertz CT molecular complexity index is 280. The molecule has 0 aromatic heterocycles. The van der Waals surface area contributed by atoms with Crippen molar-refractivity contribution in [3.8, 4) is 0 Å². The molecular weight excluding hydrogens is 124 g/mol. The topological polar surface area (TPSA) is 17.1 Å². The molecule has 0 bridgehead atoms. The van der Waals surface area contributed by atoms with Gasteiger partial charge < -0.3 is 0 Å². The molecule has 0 fully saturated rings. The van der Waals surface area contributed by atoms with Gasteiger partial charge in [-0.15, -0.1) is 0 Å². The Morgan fingerprint density at radius 2 is 2.10 bits per heavy atom. The summed E-state index contributed by atoms with van der Waals surface area (Å²) in [6.07, 6.45) is -1.85. The van der Waals surface area contributed by atoms with Gasteiger partial charge in [0.1, 0.15) is 5.78 Å². The van der Waals surface area contributed by atoms with Crippen molar-refractivity contribution in [2.24, 2.45) is 0 Å². The highest BCUT2D eigenvalue weighted by molar-refractivity contribution is 5.78. The first-order chi connectivity index (χ1) is 5.55. The van der Waals surface area contributed by atoms with Gasteiger partial charge >= 0.3 is 0 Å². The maximum atomic E-state index is 10.9. The van der Waals surface area contributed by atoms with Gasteiger partial charge in [-0.2, -0.15) is 0 Å². The lowest BCUT2D eigenvalue weighted by molar-refractivity contribution is -0.116. The van der Waals surface area contributed by atoms with Crippen LogP contribution in [0.4, 0.5) is 0 Å². The van der Waals surface area contributed by atoms with Gasteiger partial charge in [0.15, 0.2) is 0 Å². The van der Waals surface area contributed by atoms with Crippen LogP contribution in [-0.4, -0.2) is 5.78 Å². The lowest BCUT2D eigenvalue weighted by Crippen LogP contribution is -1.94. The second kappa shape index (κ2) is 3.16. The van der Waals surface area contributed by atoms with Crippen LogP contribution in [0, 0.1) is 0 Å². The summed E-state index contributed by atoms with van der Waals surface area (Å²) < 4.78 is 14.9. The second-order valence-corrected chi connectivity index (χ2v) is 2.05. The zero-order chi connectivity index (χ0) is 9.19. The van der Waals surface area contributed by atoms with E-state index in [0.717, 1.165) is 0 Å². The Morgan fingerprint density at radius 3 is 2.60 bits per heavy atom. The molecule has 0 unspecified atom stereocenters. The summed E-state index contributed by atoms with van der Waals surface area (Å²) in [4.78, 5) is 10.9. The molecule has 1 rings (SSSR count). The fourth-order valence-corrected chi connectivity index (χ4v) is 0.725. The number of rotatable bonds is 2. The fraction of sp³-hybridized carbons (Fsp3) is 0.222. The van der Waals surface area contributed by atoms with E-state index in [2.05, 4.69) is 0 Å². The average molecular weight is 136 g/mol. The van der Waals surface area contributed by atoms with Gasteiger partial charge in [0.25, 0.3) is 0 Å². The standard InChI is InChI=1S/C9H10O/c1-8(10)7-9-5-3-2-4-6-9/h2-6H,7H2,1H3/i7D2. The van der Waals surface area contributed by atoms with Crippen LogP contribution in [0.3, 0.4) is 0 Å². The lowest BCUT2D eigenvalue weighted by Gasteiger charge is -1.93. The number of ketones is 1. The van der Waals surface area contributed by atoms with Gasteiger partial charge in [-0.25, -0.2) is 0 Å². The first-order valence-corrected chi connectivity index (χ1v) is 3.11. The normalized spacial score (nSPS) is 13.7. The monoisotopic (exact) mass is 136 g/mol. The second-order valence-electron chi connectivity index (χ2n) is 2.05. The van der Waals surface area contributed by atoms with Crippen molar-refractivity contribution in [1.29, 1.82) is 0 Å². The van der Waals surface area contributed by atoms with Crippen molar-refractivity contribution in [3.63, 3.8) is 0 Å². The van der Waals surface area contributed by atoms with E-state index < -0.39 is 12.2 Å². The molecule has 0 amide bonds. The van der Waals surface area contributed by atoms with Gasteiger partial charge in [0.05, 0.1) is 0 Å². The van der Waals surface area contributed by atoms with Crippen molar-refractivity contribution >= 4 is 5.78 Å². The van der Waals surface area contributed by atoms with Crippen molar-refractivity contribution < 1.29 is 7.54 Å². The Balaban J connectivity index is 3.06. The predicted molar refractivity (Wildman–Crippen MR) is 40.8 cm³/mol. The quantitative estimate of drug-likeness (QED) is 0.606. The van der Waals surface area contributed by atoms with Gasteiger partial charge in [-0.3, -0.25) is 4.79 Å². The van der Waals surface area contributed by atoms with E-state index >= 15 is 0 Å². The largest absolute Gasteiger partial charge is 0.300 e. The summed E-state index contributed by atoms with van der Waals surface area (Å²) in [5.74, 6) is -0.464. The number of hydrogen-bond donors (Lipinski definition) is 0. The van der Waals surface area contributed by atoms with E-state index in [4.69, 9.17) is 2.74 Å². The molecule has 1 nitrogen and oxygen atoms in total. The highest BCUT2D eigenvalue weighted by Gasteiger charge is 1.93. The highest BCUT2D eigenvalue weighted by Crippen LogP contribution is 1.98. The number of carbonyl (C=O) groups excluding carboxylic acids is 1. The molecule has 1 aromatic carbocycles. The smallest absolute Gasteiger partial charge is 0.134 e. The van der Waals surface area contributed by atoms with Crippen LogP contribution in [0.2, 0.25) is 0 Å². The zero-order valence-electron chi connectivity index (χ0n) is 7.79. The third-order valence-electron chi connectivity index (χ3n) is 1.09. The Kier molecular flexibility index (Phi) is 1.47. The summed E-state index contributed by atoms with van der Waals surface area (Å²) in [6.45, 7) is 1.26. The number of carbonyl (C=O) groups is 1. The molecule has 1 heteroatoms. The molecule has 0 radical (unpaired) electrons. The molecule has 0 aliphatic rings. The predicted octanol–water partition coefficient (Wildman–Crippen LogP) is 1.82. The van der Waals surface area contributed by atoms with Crippen molar-refractivity contribution in [2.75, 3.05) is 0 Å². The van der Waals surface area contributed by atoms with E-state index in [1.165, 1.54) is 6.92 Å². The molecule has 0 N–H and O–H groups in total. The molecule has 0 spiro atoms. The molecule has 0 aliphatic carbocycles. The summed E-state index contributed by atoms with van der Waals surface area (Å²) in [7, 11) is 0. The van der Waals surface area contributed by atoms with E-state index in [9.17, 15) is 4.79 Å². The maximum Gasteiger partial charge on any atom is 0.134 e. The van der Waals surface area contributed by atoms with Crippen LogP contribution in [-0.2, 0) is 11.2 Å². The molecular formula is C9H10O. The van der Waals surface area contributed by atoms with Crippen molar-refractivity contribution in [3.05, 3.63) is 35.9 Å². The Hall–Kier alpha value is -1.11. The number of Topliss-reactive ketones (excluding diaryl/α,β-unsaturated/α-hetero) is 1. The van der Waals surface area contributed by atoms with E-state index in [0.29, 0.717) is 5.56 Å². The minimum Gasteiger partial charge on any atom is -0.300 e. The van der Waals surface area contributed by atoms with Crippen LogP contribution in [0.1, 0.15) is 15.2 Å². The van der Waals surface area contributed by atoms with E-state index in [-0.39, 0.29) is 0 Å². The summed E-state index contributed by atoms with van der Waals surface area (Å²) in [6, 6.07) is 8.45. The van der Waals surface area contributed by atoms with Crippen LogP contribution in [0.5, 0.6) is 0 Å². The third-order valence-corrected chi connectivity index (χ3v) is 1.09. The maximum absolute atomic E-state index is 10.9. The Morgan fingerprint density at radius 1 is 1.50 bits per heavy atom. The molecule has 1 aromatic rings. The summed E-state index contributed by atoms with van der Waals surface area (Å²) >= 11 is 0. The summed E-state index contributed by atoms with van der Waals surface area (Å²) in [5.41, 5.74) is 0.414. The SMILES string of the molecule is [2H]C([2H])(C(C)=O)c1ccccc1. The van der Waals surface area contributed by atoms with Gasteiger partial charge in [-0.05, 0) is 12.5 Å². The van der Waals surface area contributed by atoms with Gasteiger partial charge in [-0.1, -0.05) is 30.3 Å². The van der Waals surface area contributed by atoms with E-state index in [1.54, 1.807) is 30.3 Å². The molecule has 0 heterocycles. The first kappa shape index (κ1) is 4.67. The van der Waals surface area contributed by atoms with Crippen LogP contribution in [0.15, 0.2) is 30.3 Å². The molecule has 52 valence electrons. The lowest BCUT2D eigenvalue weighted by atomic mass is 10.1. The molecule has 0 atom stereocenters. The van der Waals surface area contributed by atoms with Crippen molar-refractivity contribution in [1.82, 2.24) is 0 Å². The number of benzene rings is 1. The van der Waals surface area contributed by atoms with Gasteiger partial charge in [0, 0.05) is 9.11 Å². The fourth-order valence-electron chi connectivity index (χ4n) is 0.725. The highest BCUT2D eigenvalue weighted by atomic mass is 16.1. The number of hydrogen-bond acceptors (Lipinski definition) is 1. The van der Waals surface area contributed by atoms with Gasteiger partial charge in [0.2, 0.25) is 0 Å². The molecule has 0 saturated heterocycles. The molecule has 0 saturated carbocycles. The first-order valence-electron chi connectivity index (χ1n) is 4.11.